The number of non-ortho nitro benzene ring substituents is 1. The third-order valence-electron chi connectivity index (χ3n) is 8.49. The lowest BCUT2D eigenvalue weighted by atomic mass is 9.82. The highest BCUT2D eigenvalue weighted by atomic mass is 32.2. The number of carbonyl (C=O) groups excluding carboxylic acids is 2. The average molecular weight is 693 g/mol. The molecule has 1 saturated heterocycles. The van der Waals surface area contributed by atoms with E-state index >= 15 is 0 Å². The van der Waals surface area contributed by atoms with E-state index in [2.05, 4.69) is 10.3 Å². The lowest BCUT2D eigenvalue weighted by Crippen LogP contribution is -2.60. The monoisotopic (exact) mass is 692 g/mol. The third-order valence-corrected chi connectivity index (χ3v) is 10.2. The standard InChI is InChI=1S/C34H28N8O7S/c1-2-49-30-6-4-3-5-27(30)34(38-33(44)40-17-15-39(16-18-40)31-14-8-24(21-36)22-37-31)28-19-23(20-35)7-13-29(28)41(32(34)43)50(47,48)26-11-9-25(10-12-26)42(45)46/h3-14,19,22H,2,15-18H2,1H3,(H,38,44). The molecule has 0 saturated carbocycles. The number of fused-ring (bicyclic) bond motifs is 1. The quantitative estimate of drug-likeness (QED) is 0.209. The molecule has 0 radical (unpaired) electrons. The van der Waals surface area contributed by atoms with E-state index in [1.54, 1.807) is 43.3 Å². The van der Waals surface area contributed by atoms with Gasteiger partial charge in [-0.3, -0.25) is 14.9 Å². The van der Waals surface area contributed by atoms with Crippen molar-refractivity contribution in [1.29, 1.82) is 10.5 Å². The van der Waals surface area contributed by atoms with Crippen LogP contribution in [0.5, 0.6) is 5.75 Å². The van der Waals surface area contributed by atoms with Gasteiger partial charge in [0, 0.05) is 55.6 Å². The summed E-state index contributed by atoms with van der Waals surface area (Å²) in [5.74, 6) is -0.243. The number of nitrogens with zero attached hydrogens (tertiary/aromatic N) is 7. The molecule has 0 aliphatic carbocycles. The zero-order valence-corrected chi connectivity index (χ0v) is 27.3. The number of hydrogen-bond acceptors (Lipinski definition) is 11. The average Bonchev–Trinajstić information content (AvgIpc) is 3.39. The van der Waals surface area contributed by atoms with Crippen molar-refractivity contribution in [3.63, 3.8) is 0 Å². The number of para-hydroxylation sites is 1. The number of nitrogens with one attached hydrogen (secondary N) is 1. The highest BCUT2D eigenvalue weighted by Gasteiger charge is 2.58. The molecular weight excluding hydrogens is 664 g/mol. The van der Waals surface area contributed by atoms with Crippen LogP contribution in [0.15, 0.2) is 90.0 Å². The minimum Gasteiger partial charge on any atom is -0.493 e. The van der Waals surface area contributed by atoms with Crippen molar-refractivity contribution in [3.8, 4) is 17.9 Å². The van der Waals surface area contributed by atoms with Gasteiger partial charge in [0.15, 0.2) is 5.54 Å². The van der Waals surface area contributed by atoms with Crippen molar-refractivity contribution in [1.82, 2.24) is 15.2 Å². The summed E-state index contributed by atoms with van der Waals surface area (Å²) in [5.41, 5.74) is -1.98. The van der Waals surface area contributed by atoms with Gasteiger partial charge in [-0.25, -0.2) is 18.2 Å². The zero-order chi connectivity index (χ0) is 35.6. The molecule has 0 bridgehead atoms. The summed E-state index contributed by atoms with van der Waals surface area (Å²) in [4.78, 5) is 47.1. The van der Waals surface area contributed by atoms with Gasteiger partial charge in [-0.05, 0) is 55.5 Å². The third kappa shape index (κ3) is 5.67. The summed E-state index contributed by atoms with van der Waals surface area (Å²) in [6, 6.07) is 21.2. The molecule has 50 heavy (non-hydrogen) atoms. The summed E-state index contributed by atoms with van der Waals surface area (Å²) in [5, 5.41) is 33.1. The van der Waals surface area contributed by atoms with E-state index in [1.807, 2.05) is 17.0 Å². The Bertz CT molecular complexity index is 2190. The zero-order valence-electron chi connectivity index (χ0n) is 26.5. The van der Waals surface area contributed by atoms with Gasteiger partial charge in [0.2, 0.25) is 0 Å². The summed E-state index contributed by atoms with van der Waals surface area (Å²) in [6.07, 6.45) is 1.46. The van der Waals surface area contributed by atoms with Gasteiger partial charge in [0.25, 0.3) is 21.6 Å². The van der Waals surface area contributed by atoms with Crippen LogP contribution in [0.25, 0.3) is 0 Å². The second-order valence-corrected chi connectivity index (χ2v) is 13.1. The van der Waals surface area contributed by atoms with Crippen molar-refractivity contribution in [2.75, 3.05) is 42.0 Å². The van der Waals surface area contributed by atoms with Crippen LogP contribution in [0.3, 0.4) is 0 Å². The number of aromatic nitrogens is 1. The van der Waals surface area contributed by atoms with E-state index in [-0.39, 0.29) is 53.5 Å². The first kappa shape index (κ1) is 33.4. The van der Waals surface area contributed by atoms with Crippen molar-refractivity contribution >= 4 is 39.2 Å². The van der Waals surface area contributed by atoms with Gasteiger partial charge in [0.1, 0.15) is 17.6 Å². The molecule has 1 N–H and O–H groups in total. The molecule has 16 heteroatoms. The molecule has 1 aromatic heterocycles. The number of ether oxygens (including phenoxy) is 1. The smallest absolute Gasteiger partial charge is 0.318 e. The summed E-state index contributed by atoms with van der Waals surface area (Å²) >= 11 is 0. The number of anilines is 2. The molecule has 1 fully saturated rings. The highest BCUT2D eigenvalue weighted by Crippen LogP contribution is 2.49. The Hall–Kier alpha value is -6.52. The number of benzene rings is 3. The number of nitro benzene ring substituents is 1. The van der Waals surface area contributed by atoms with Crippen molar-refractivity contribution < 1.29 is 27.7 Å². The molecule has 4 aromatic rings. The van der Waals surface area contributed by atoms with Gasteiger partial charge in [-0.1, -0.05) is 18.2 Å². The van der Waals surface area contributed by atoms with Crippen molar-refractivity contribution in [2.24, 2.45) is 0 Å². The number of rotatable bonds is 8. The number of nitriles is 2. The minimum atomic E-state index is -4.73. The van der Waals surface area contributed by atoms with Crippen molar-refractivity contribution in [3.05, 3.63) is 117 Å². The van der Waals surface area contributed by atoms with Gasteiger partial charge >= 0.3 is 6.03 Å². The molecular formula is C34H28N8O7S. The highest BCUT2D eigenvalue weighted by molar-refractivity contribution is 7.93. The normalized spacial score (nSPS) is 17.0. The Balaban J connectivity index is 1.44. The van der Waals surface area contributed by atoms with Crippen LogP contribution in [0, 0.1) is 32.8 Å². The lowest BCUT2D eigenvalue weighted by Gasteiger charge is -2.38. The molecule has 1 unspecified atom stereocenters. The maximum absolute atomic E-state index is 15.0. The minimum absolute atomic E-state index is 0.0213. The van der Waals surface area contributed by atoms with E-state index in [1.165, 1.54) is 29.3 Å². The van der Waals surface area contributed by atoms with Crippen LogP contribution in [0.2, 0.25) is 0 Å². The van der Waals surface area contributed by atoms with E-state index in [4.69, 9.17) is 10.00 Å². The Kier molecular flexibility index (Phi) is 8.80. The van der Waals surface area contributed by atoms with Crippen molar-refractivity contribution in [2.45, 2.75) is 17.4 Å². The first-order valence-electron chi connectivity index (χ1n) is 15.3. The molecule has 3 aromatic carbocycles. The SMILES string of the molecule is CCOc1ccccc1C1(NC(=O)N2CCN(c3ccc(C#N)cn3)CC2)C(=O)N(S(=O)(=O)c2ccc([N+](=O)[O-])cc2)c2ccc(C#N)cc21. The van der Waals surface area contributed by atoms with E-state index in [0.717, 1.165) is 24.3 Å². The molecule has 3 amide bonds. The van der Waals surface area contributed by atoms with Gasteiger partial charge < -0.3 is 19.9 Å². The summed E-state index contributed by atoms with van der Waals surface area (Å²) < 4.78 is 35.0. The number of carbonyl (C=O) groups is 2. The fourth-order valence-electron chi connectivity index (χ4n) is 6.07. The molecule has 3 heterocycles. The topological polar surface area (TPSA) is 203 Å². The summed E-state index contributed by atoms with van der Waals surface area (Å²) in [6.45, 7) is 3.07. The number of nitro groups is 1. The first-order valence-corrected chi connectivity index (χ1v) is 16.8. The van der Waals surface area contributed by atoms with Crippen LogP contribution in [0.4, 0.5) is 22.0 Å². The number of amides is 3. The van der Waals surface area contributed by atoms with Gasteiger partial charge in [0.05, 0.1) is 39.3 Å². The Morgan fingerprint density at radius 2 is 1.66 bits per heavy atom. The predicted octanol–water partition coefficient (Wildman–Crippen LogP) is 3.64. The van der Waals surface area contributed by atoms with Crippen LogP contribution in [-0.4, -0.2) is 67.9 Å². The Morgan fingerprint density at radius 1 is 0.980 bits per heavy atom. The fourth-order valence-corrected chi connectivity index (χ4v) is 7.53. The van der Waals surface area contributed by atoms with Gasteiger partial charge in [-0.2, -0.15) is 14.8 Å². The molecule has 2 aliphatic heterocycles. The number of urea groups is 1. The molecule has 6 rings (SSSR count). The number of pyridine rings is 1. The van der Waals surface area contributed by atoms with Crippen LogP contribution in [-0.2, 0) is 20.4 Å². The Labute approximate surface area is 286 Å². The molecule has 0 spiro atoms. The lowest BCUT2D eigenvalue weighted by molar-refractivity contribution is -0.384. The molecule has 252 valence electrons. The van der Waals surface area contributed by atoms with Crippen LogP contribution < -0.4 is 19.3 Å². The molecule has 1 atom stereocenters. The Morgan fingerprint density at radius 3 is 2.28 bits per heavy atom. The summed E-state index contributed by atoms with van der Waals surface area (Å²) in [7, 11) is -4.73. The fraction of sp³-hybridized carbons (Fsp3) is 0.206. The number of hydrogen-bond donors (Lipinski definition) is 1. The number of sulfonamides is 1. The molecule has 15 nitrogen and oxygen atoms in total. The van der Waals surface area contributed by atoms with Crippen LogP contribution >= 0.6 is 0 Å². The molecule has 2 aliphatic rings. The second kappa shape index (κ2) is 13.2. The number of piperazine rings is 1. The van der Waals surface area contributed by atoms with Gasteiger partial charge in [-0.15, -0.1) is 0 Å². The second-order valence-electron chi connectivity index (χ2n) is 11.3. The maximum Gasteiger partial charge on any atom is 0.318 e. The predicted molar refractivity (Wildman–Crippen MR) is 179 cm³/mol. The van der Waals surface area contributed by atoms with E-state index < -0.39 is 37.3 Å². The van der Waals surface area contributed by atoms with Crippen LogP contribution in [0.1, 0.15) is 29.2 Å². The largest absolute Gasteiger partial charge is 0.493 e. The van der Waals surface area contributed by atoms with E-state index in [0.29, 0.717) is 28.8 Å². The first-order chi connectivity index (χ1) is 24.0. The maximum atomic E-state index is 15.0. The van der Waals surface area contributed by atoms with E-state index in [9.17, 15) is 33.4 Å².